The van der Waals surface area contributed by atoms with E-state index in [0.29, 0.717) is 0 Å². The van der Waals surface area contributed by atoms with Gasteiger partial charge in [0.05, 0.1) is 6.07 Å². The third-order valence-electron chi connectivity index (χ3n) is 2.46. The lowest BCUT2D eigenvalue weighted by Crippen LogP contribution is -2.14. The van der Waals surface area contributed by atoms with Crippen LogP contribution >= 0.6 is 0 Å². The first-order valence-corrected chi connectivity index (χ1v) is 5.25. The topological polar surface area (TPSA) is 90.3 Å². The summed E-state index contributed by atoms with van der Waals surface area (Å²) in [5, 5.41) is 8.79. The SMILES string of the molecule is Nc1nc(-c2[n+]#cccc2C(F)(F)F)ccc1C(=O)O. The first kappa shape index (κ1) is 13.6. The van der Waals surface area contributed by atoms with Gasteiger partial charge in [0.25, 0.3) is 0 Å². The van der Waals surface area contributed by atoms with Gasteiger partial charge in [0.15, 0.2) is 5.69 Å². The van der Waals surface area contributed by atoms with Crippen molar-refractivity contribution in [1.29, 1.82) is 0 Å². The van der Waals surface area contributed by atoms with Crippen LogP contribution in [0.5, 0.6) is 0 Å². The monoisotopic (exact) mass is 282 g/mol. The van der Waals surface area contributed by atoms with Crippen LogP contribution < -0.4 is 10.7 Å². The Kier molecular flexibility index (Phi) is 3.19. The van der Waals surface area contributed by atoms with Crippen molar-refractivity contribution in [2.24, 2.45) is 0 Å². The van der Waals surface area contributed by atoms with E-state index < -0.39 is 23.4 Å². The first-order valence-electron chi connectivity index (χ1n) is 5.25. The van der Waals surface area contributed by atoms with Crippen LogP contribution in [0.2, 0.25) is 0 Å². The predicted octanol–water partition coefficient (Wildman–Crippen LogP) is 1.45. The van der Waals surface area contributed by atoms with E-state index in [9.17, 15) is 18.0 Å². The summed E-state index contributed by atoms with van der Waals surface area (Å²) >= 11 is 0. The number of pyridine rings is 1. The number of alkyl halides is 3. The van der Waals surface area contributed by atoms with Crippen LogP contribution in [0.15, 0.2) is 24.3 Å². The summed E-state index contributed by atoms with van der Waals surface area (Å²) in [7, 11) is 0. The molecule has 0 fully saturated rings. The van der Waals surface area contributed by atoms with Crippen LogP contribution in [0.3, 0.4) is 0 Å². The molecule has 0 aromatic carbocycles. The van der Waals surface area contributed by atoms with E-state index in [-0.39, 0.29) is 17.1 Å². The van der Waals surface area contributed by atoms with E-state index in [4.69, 9.17) is 10.8 Å². The van der Waals surface area contributed by atoms with E-state index in [1.165, 1.54) is 0 Å². The maximum Gasteiger partial charge on any atom is 0.424 e. The van der Waals surface area contributed by atoms with Gasteiger partial charge in [0.2, 0.25) is 0 Å². The highest BCUT2D eigenvalue weighted by Gasteiger charge is 2.39. The van der Waals surface area contributed by atoms with Gasteiger partial charge < -0.3 is 10.8 Å². The molecule has 0 spiro atoms. The predicted molar refractivity (Wildman–Crippen MR) is 60.5 cm³/mol. The second-order valence-electron chi connectivity index (χ2n) is 3.77. The molecule has 2 heterocycles. The highest BCUT2D eigenvalue weighted by molar-refractivity contribution is 5.93. The van der Waals surface area contributed by atoms with Crippen molar-refractivity contribution >= 4 is 11.8 Å². The fraction of sp³-hybridized carbons (Fsp3) is 0.0833. The van der Waals surface area contributed by atoms with E-state index in [1.54, 1.807) is 0 Å². The number of aromatic nitrogens is 2. The molecular formula is C12H7F3N3O2+. The highest BCUT2D eigenvalue weighted by atomic mass is 19.4. The highest BCUT2D eigenvalue weighted by Crippen LogP contribution is 2.33. The largest absolute Gasteiger partial charge is 0.478 e. The minimum Gasteiger partial charge on any atom is -0.478 e. The maximum absolute atomic E-state index is 12.8. The molecule has 102 valence electrons. The van der Waals surface area contributed by atoms with E-state index in [0.717, 1.165) is 24.3 Å². The standard InChI is InChI=1S/C12H6F3N3O2/c13-12(14,15)7-2-1-5-17-9(7)8-4-3-6(11(19)20)10(16)18-8/h1-4H,(H2-,16,18,19,20)/p+1. The summed E-state index contributed by atoms with van der Waals surface area (Å²) in [6.07, 6.45) is -2.33. The zero-order chi connectivity index (χ0) is 14.9. The van der Waals surface area contributed by atoms with Crippen LogP contribution in [0.25, 0.3) is 11.4 Å². The van der Waals surface area contributed by atoms with Gasteiger partial charge in [-0.15, -0.1) is 0 Å². The summed E-state index contributed by atoms with van der Waals surface area (Å²) in [5.41, 5.74) is 3.50. The number of carboxylic acid groups (broad SMARTS) is 1. The Bertz CT molecular complexity index is 671. The lowest BCUT2D eigenvalue weighted by atomic mass is 10.1. The van der Waals surface area contributed by atoms with Crippen molar-refractivity contribution in [3.63, 3.8) is 0 Å². The van der Waals surface area contributed by atoms with Gasteiger partial charge in [-0.1, -0.05) is 0 Å². The van der Waals surface area contributed by atoms with Gasteiger partial charge in [-0.25, -0.2) is 9.78 Å². The Morgan fingerprint density at radius 2 is 2.05 bits per heavy atom. The summed E-state index contributed by atoms with van der Waals surface area (Å²) in [6.45, 7) is 0. The Morgan fingerprint density at radius 3 is 2.60 bits per heavy atom. The smallest absolute Gasteiger partial charge is 0.424 e. The lowest BCUT2D eigenvalue weighted by molar-refractivity contribution is -0.285. The Morgan fingerprint density at radius 1 is 1.35 bits per heavy atom. The number of hydrogen-bond acceptors (Lipinski definition) is 3. The van der Waals surface area contributed by atoms with Gasteiger partial charge in [-0.2, -0.15) is 13.2 Å². The van der Waals surface area contributed by atoms with Crippen LogP contribution in [0.1, 0.15) is 15.9 Å². The number of rotatable bonds is 2. The van der Waals surface area contributed by atoms with Crippen molar-refractivity contribution in [1.82, 2.24) is 4.98 Å². The molecule has 0 radical (unpaired) electrons. The Balaban J connectivity index is 2.59. The molecule has 0 aliphatic rings. The van der Waals surface area contributed by atoms with Gasteiger partial charge in [0.1, 0.15) is 16.9 Å². The van der Waals surface area contributed by atoms with Crippen molar-refractivity contribution in [2.45, 2.75) is 6.18 Å². The molecule has 0 unspecified atom stereocenters. The normalized spacial score (nSPS) is 10.9. The molecule has 8 heteroatoms. The number of anilines is 1. The molecule has 2 aromatic heterocycles. The molecule has 0 saturated carbocycles. The Labute approximate surface area is 110 Å². The van der Waals surface area contributed by atoms with Crippen molar-refractivity contribution in [3.05, 3.63) is 41.6 Å². The molecule has 3 N–H and O–H groups in total. The van der Waals surface area contributed by atoms with E-state index in [1.807, 2.05) is 0 Å². The van der Waals surface area contributed by atoms with Crippen molar-refractivity contribution in [3.8, 4) is 11.4 Å². The number of nitrogens with two attached hydrogens (primary N) is 1. The number of halogens is 3. The molecule has 0 saturated heterocycles. The van der Waals surface area contributed by atoms with Gasteiger partial charge in [0, 0.05) is 0 Å². The number of nitrogen functional groups attached to an aromatic ring is 1. The molecule has 5 nitrogen and oxygen atoms in total. The third-order valence-corrected chi connectivity index (χ3v) is 2.46. The minimum absolute atomic E-state index is 0.170. The van der Waals surface area contributed by atoms with Gasteiger partial charge >= 0.3 is 24.0 Å². The molecule has 0 amide bonds. The zero-order valence-corrected chi connectivity index (χ0v) is 9.77. The fourth-order valence-corrected chi connectivity index (χ4v) is 1.57. The van der Waals surface area contributed by atoms with Crippen molar-refractivity contribution < 1.29 is 28.1 Å². The van der Waals surface area contributed by atoms with Crippen LogP contribution in [-0.2, 0) is 6.18 Å². The second kappa shape index (κ2) is 4.70. The quantitative estimate of drug-likeness (QED) is 0.870. The van der Waals surface area contributed by atoms with Gasteiger partial charge in [-0.3, -0.25) is 0 Å². The summed E-state index contributed by atoms with van der Waals surface area (Å²) < 4.78 is 38.5. The third kappa shape index (κ3) is 2.47. The average Bonchev–Trinajstić information content (AvgIpc) is 2.37. The molecule has 0 aliphatic heterocycles. The molecule has 0 bridgehead atoms. The number of carboxylic acids is 1. The fourth-order valence-electron chi connectivity index (χ4n) is 1.57. The average molecular weight is 282 g/mol. The Hall–Kier alpha value is -2.82. The minimum atomic E-state index is -4.61. The molecule has 20 heavy (non-hydrogen) atoms. The maximum atomic E-state index is 12.8. The molecule has 0 atom stereocenters. The molecule has 2 rings (SSSR count). The number of hydrogen-bond donors (Lipinski definition) is 2. The van der Waals surface area contributed by atoms with E-state index >= 15 is 0 Å². The number of aromatic carboxylic acids is 1. The summed E-state index contributed by atoms with van der Waals surface area (Å²) in [6, 6.07) is 4.03. The molecular weight excluding hydrogens is 275 g/mol. The van der Waals surface area contributed by atoms with Crippen LogP contribution in [0, 0.1) is 6.20 Å². The number of carbonyl (C=O) groups is 1. The van der Waals surface area contributed by atoms with Crippen molar-refractivity contribution in [2.75, 3.05) is 5.73 Å². The summed E-state index contributed by atoms with van der Waals surface area (Å²) in [5.74, 6) is -1.70. The van der Waals surface area contributed by atoms with Gasteiger partial charge in [-0.05, 0) is 23.2 Å². The lowest BCUT2D eigenvalue weighted by Gasteiger charge is -2.04. The molecule has 2 aromatic rings. The molecule has 0 aliphatic carbocycles. The zero-order valence-electron chi connectivity index (χ0n) is 9.77. The van der Waals surface area contributed by atoms with Crippen LogP contribution in [0.4, 0.5) is 19.0 Å². The first-order chi connectivity index (χ1) is 9.30. The summed E-state index contributed by atoms with van der Waals surface area (Å²) in [4.78, 5) is 17.9. The number of nitrogens with zero attached hydrogens (tertiary/aromatic N) is 2. The second-order valence-corrected chi connectivity index (χ2v) is 3.77. The van der Waals surface area contributed by atoms with E-state index in [2.05, 4.69) is 16.2 Å². The van der Waals surface area contributed by atoms with Crippen LogP contribution in [-0.4, -0.2) is 16.1 Å².